The number of amides is 1. The molecule has 3 rings (SSSR count). The fourth-order valence-electron chi connectivity index (χ4n) is 3.57. The SMILES string of the molecule is CCc1cccc2c(CC(=O)NC3(C(=O)O)CCCC3)c[nH]c12. The van der Waals surface area contributed by atoms with Gasteiger partial charge in [-0.25, -0.2) is 4.79 Å². The van der Waals surface area contributed by atoms with Gasteiger partial charge in [-0.2, -0.15) is 0 Å². The quantitative estimate of drug-likeness (QED) is 0.793. The monoisotopic (exact) mass is 314 g/mol. The standard InChI is InChI=1S/C18H22N2O3/c1-2-12-6-5-7-14-13(11-19-16(12)14)10-15(21)20-18(17(22)23)8-3-4-9-18/h5-7,11,19H,2-4,8-10H2,1H3,(H,20,21)(H,22,23). The summed E-state index contributed by atoms with van der Waals surface area (Å²) >= 11 is 0. The van der Waals surface area contributed by atoms with Crippen molar-refractivity contribution in [1.29, 1.82) is 0 Å². The lowest BCUT2D eigenvalue weighted by Crippen LogP contribution is -2.52. The Hall–Kier alpha value is -2.30. The highest BCUT2D eigenvalue weighted by Gasteiger charge is 2.42. The number of nitrogens with one attached hydrogen (secondary N) is 2. The van der Waals surface area contributed by atoms with E-state index in [0.29, 0.717) is 12.8 Å². The number of carbonyl (C=O) groups excluding carboxylic acids is 1. The van der Waals surface area contributed by atoms with E-state index in [4.69, 9.17) is 0 Å². The lowest BCUT2D eigenvalue weighted by atomic mass is 9.97. The number of carboxylic acids is 1. The van der Waals surface area contributed by atoms with E-state index in [9.17, 15) is 14.7 Å². The molecule has 0 spiro atoms. The maximum Gasteiger partial charge on any atom is 0.329 e. The molecule has 5 nitrogen and oxygen atoms in total. The van der Waals surface area contributed by atoms with Crippen molar-refractivity contribution in [2.24, 2.45) is 0 Å². The highest BCUT2D eigenvalue weighted by atomic mass is 16.4. The molecule has 1 fully saturated rings. The van der Waals surface area contributed by atoms with Gasteiger partial charge < -0.3 is 15.4 Å². The number of H-pyrrole nitrogens is 1. The first kappa shape index (κ1) is 15.6. The molecule has 23 heavy (non-hydrogen) atoms. The summed E-state index contributed by atoms with van der Waals surface area (Å²) in [5.41, 5.74) is 2.11. The average Bonchev–Trinajstić information content (AvgIpc) is 3.15. The average molecular weight is 314 g/mol. The normalized spacial score (nSPS) is 16.6. The summed E-state index contributed by atoms with van der Waals surface area (Å²) in [6.45, 7) is 2.10. The van der Waals surface area contributed by atoms with Crippen molar-refractivity contribution in [1.82, 2.24) is 10.3 Å². The number of fused-ring (bicyclic) bond motifs is 1. The molecule has 1 amide bonds. The van der Waals surface area contributed by atoms with Gasteiger partial charge in [0.2, 0.25) is 5.91 Å². The van der Waals surface area contributed by atoms with Crippen molar-refractivity contribution >= 4 is 22.8 Å². The number of carbonyl (C=O) groups is 2. The van der Waals surface area contributed by atoms with E-state index in [0.717, 1.165) is 35.7 Å². The summed E-state index contributed by atoms with van der Waals surface area (Å²) < 4.78 is 0. The molecule has 0 bridgehead atoms. The molecule has 3 N–H and O–H groups in total. The number of hydrogen-bond donors (Lipinski definition) is 3. The minimum Gasteiger partial charge on any atom is -0.480 e. The Morgan fingerprint density at radius 1 is 1.26 bits per heavy atom. The molecule has 0 atom stereocenters. The van der Waals surface area contributed by atoms with Crippen LogP contribution in [-0.2, 0) is 22.4 Å². The molecular formula is C18H22N2O3. The number of hydrogen-bond acceptors (Lipinski definition) is 2. The van der Waals surface area contributed by atoms with Gasteiger partial charge in [-0.1, -0.05) is 38.0 Å². The Morgan fingerprint density at radius 2 is 2.00 bits per heavy atom. The van der Waals surface area contributed by atoms with Crippen LogP contribution in [0.2, 0.25) is 0 Å². The fourth-order valence-corrected chi connectivity index (χ4v) is 3.57. The molecule has 1 aromatic carbocycles. The molecule has 0 aliphatic heterocycles. The molecule has 0 saturated heterocycles. The van der Waals surface area contributed by atoms with Crippen LogP contribution in [0, 0.1) is 0 Å². The number of rotatable bonds is 5. The van der Waals surface area contributed by atoms with Crippen LogP contribution in [0.15, 0.2) is 24.4 Å². The van der Waals surface area contributed by atoms with E-state index >= 15 is 0 Å². The van der Waals surface area contributed by atoms with E-state index in [-0.39, 0.29) is 12.3 Å². The van der Waals surface area contributed by atoms with Crippen molar-refractivity contribution in [3.63, 3.8) is 0 Å². The van der Waals surface area contributed by atoms with Crippen LogP contribution in [0.4, 0.5) is 0 Å². The third kappa shape index (κ3) is 2.83. The molecule has 1 aliphatic carbocycles. The molecule has 2 aromatic rings. The van der Waals surface area contributed by atoms with Gasteiger partial charge in [-0.15, -0.1) is 0 Å². The van der Waals surface area contributed by atoms with E-state index in [2.05, 4.69) is 23.3 Å². The summed E-state index contributed by atoms with van der Waals surface area (Å²) in [4.78, 5) is 27.2. The zero-order valence-corrected chi connectivity index (χ0v) is 13.3. The van der Waals surface area contributed by atoms with Gasteiger partial charge >= 0.3 is 5.97 Å². The number of aryl methyl sites for hydroxylation is 1. The number of aliphatic carboxylic acids is 1. The van der Waals surface area contributed by atoms with Crippen molar-refractivity contribution in [2.45, 2.75) is 51.0 Å². The molecular weight excluding hydrogens is 292 g/mol. The minimum atomic E-state index is -1.07. The highest BCUT2D eigenvalue weighted by Crippen LogP contribution is 2.30. The zero-order valence-electron chi connectivity index (χ0n) is 13.3. The summed E-state index contributed by atoms with van der Waals surface area (Å²) in [6, 6.07) is 6.06. The van der Waals surface area contributed by atoms with Crippen LogP contribution >= 0.6 is 0 Å². The number of aromatic amines is 1. The van der Waals surface area contributed by atoms with E-state index < -0.39 is 11.5 Å². The lowest BCUT2D eigenvalue weighted by molar-refractivity contribution is -0.147. The van der Waals surface area contributed by atoms with Crippen LogP contribution in [-0.4, -0.2) is 27.5 Å². The van der Waals surface area contributed by atoms with Crippen molar-refractivity contribution < 1.29 is 14.7 Å². The van der Waals surface area contributed by atoms with Crippen LogP contribution in [0.5, 0.6) is 0 Å². The van der Waals surface area contributed by atoms with Gasteiger partial charge in [0, 0.05) is 17.1 Å². The van der Waals surface area contributed by atoms with Gasteiger partial charge in [-0.3, -0.25) is 4.79 Å². The Labute approximate surface area is 135 Å². The van der Waals surface area contributed by atoms with Gasteiger partial charge in [0.05, 0.1) is 6.42 Å². The first-order valence-corrected chi connectivity index (χ1v) is 8.18. The van der Waals surface area contributed by atoms with E-state index in [1.165, 1.54) is 5.56 Å². The predicted octanol–water partition coefficient (Wildman–Crippen LogP) is 2.79. The fraction of sp³-hybridized carbons (Fsp3) is 0.444. The molecule has 5 heteroatoms. The number of carboxylic acid groups (broad SMARTS) is 1. The third-order valence-electron chi connectivity index (χ3n) is 4.86. The predicted molar refractivity (Wildman–Crippen MR) is 88.4 cm³/mol. The Morgan fingerprint density at radius 3 is 2.65 bits per heavy atom. The summed E-state index contributed by atoms with van der Waals surface area (Å²) in [5, 5.41) is 13.3. The first-order valence-electron chi connectivity index (χ1n) is 8.18. The summed E-state index contributed by atoms with van der Waals surface area (Å²) in [6.07, 6.45) is 5.70. The topological polar surface area (TPSA) is 82.2 Å². The molecule has 1 saturated carbocycles. The summed E-state index contributed by atoms with van der Waals surface area (Å²) in [7, 11) is 0. The van der Waals surface area contributed by atoms with Gasteiger partial charge in [0.15, 0.2) is 0 Å². The first-order chi connectivity index (χ1) is 11.1. The minimum absolute atomic E-state index is 0.197. The van der Waals surface area contributed by atoms with Crippen LogP contribution in [0.1, 0.15) is 43.7 Å². The Balaban J connectivity index is 1.79. The third-order valence-corrected chi connectivity index (χ3v) is 4.86. The van der Waals surface area contributed by atoms with E-state index in [1.807, 2.05) is 18.3 Å². The Bertz CT molecular complexity index is 742. The van der Waals surface area contributed by atoms with Crippen molar-refractivity contribution in [3.05, 3.63) is 35.5 Å². The molecule has 1 aromatic heterocycles. The second-order valence-corrected chi connectivity index (χ2v) is 6.33. The van der Waals surface area contributed by atoms with Crippen LogP contribution in [0.3, 0.4) is 0 Å². The molecule has 1 aliphatic rings. The lowest BCUT2D eigenvalue weighted by Gasteiger charge is -2.25. The number of aromatic nitrogens is 1. The largest absolute Gasteiger partial charge is 0.480 e. The van der Waals surface area contributed by atoms with Gasteiger partial charge in [0.25, 0.3) is 0 Å². The van der Waals surface area contributed by atoms with Gasteiger partial charge in [0.1, 0.15) is 5.54 Å². The second kappa shape index (κ2) is 6.07. The Kier molecular flexibility index (Phi) is 4.11. The van der Waals surface area contributed by atoms with Crippen molar-refractivity contribution in [2.75, 3.05) is 0 Å². The summed E-state index contributed by atoms with van der Waals surface area (Å²) in [5.74, 6) is -1.15. The maximum atomic E-state index is 12.4. The van der Waals surface area contributed by atoms with Crippen LogP contribution in [0.25, 0.3) is 10.9 Å². The second-order valence-electron chi connectivity index (χ2n) is 6.33. The molecule has 122 valence electrons. The van der Waals surface area contributed by atoms with E-state index in [1.54, 1.807) is 0 Å². The number of para-hydroxylation sites is 1. The van der Waals surface area contributed by atoms with Crippen LogP contribution < -0.4 is 5.32 Å². The smallest absolute Gasteiger partial charge is 0.329 e. The van der Waals surface area contributed by atoms with Crippen molar-refractivity contribution in [3.8, 4) is 0 Å². The zero-order chi connectivity index (χ0) is 16.4. The number of benzene rings is 1. The molecule has 1 heterocycles. The molecule has 0 unspecified atom stereocenters. The van der Waals surface area contributed by atoms with Gasteiger partial charge in [-0.05, 0) is 30.4 Å². The molecule has 0 radical (unpaired) electrons. The highest BCUT2D eigenvalue weighted by molar-refractivity contribution is 5.93. The maximum absolute atomic E-state index is 12.4.